The largest absolute Gasteiger partial charge is 0.497 e. The number of ether oxygens (including phenoxy) is 1. The second kappa shape index (κ2) is 5.55. The summed E-state index contributed by atoms with van der Waals surface area (Å²) in [5.41, 5.74) is -2.64. The molecule has 0 aromatic heterocycles. The minimum absolute atomic E-state index is 0.0268. The van der Waals surface area contributed by atoms with E-state index in [1.807, 2.05) is 0 Å². The van der Waals surface area contributed by atoms with Gasteiger partial charge in [-0.05, 0) is 18.2 Å². The van der Waals surface area contributed by atoms with Crippen molar-refractivity contribution in [3.63, 3.8) is 0 Å². The molecule has 0 saturated carbocycles. The van der Waals surface area contributed by atoms with Crippen molar-refractivity contribution < 1.29 is 24.2 Å². The van der Waals surface area contributed by atoms with Crippen LogP contribution in [0.2, 0.25) is 0 Å². The zero-order chi connectivity index (χ0) is 17.5. The summed E-state index contributed by atoms with van der Waals surface area (Å²) in [5.74, 6) is 3.35. The number of amides is 1. The van der Waals surface area contributed by atoms with E-state index in [0.717, 1.165) is 0 Å². The first kappa shape index (κ1) is 15.9. The van der Waals surface area contributed by atoms with Gasteiger partial charge in [-0.25, -0.2) is 10.9 Å². The summed E-state index contributed by atoms with van der Waals surface area (Å²) < 4.78 is 5.02. The lowest BCUT2D eigenvalue weighted by Gasteiger charge is -2.29. The van der Waals surface area contributed by atoms with Crippen LogP contribution < -0.4 is 10.6 Å². The molecule has 0 spiro atoms. The molecule has 3 rings (SSSR count). The third kappa shape index (κ3) is 2.10. The fraction of sp³-hybridized carbons (Fsp3) is 0.118. The van der Waals surface area contributed by atoms with Gasteiger partial charge in [0.2, 0.25) is 11.6 Å². The van der Waals surface area contributed by atoms with Crippen LogP contribution in [0.1, 0.15) is 31.1 Å². The van der Waals surface area contributed by atoms with Gasteiger partial charge in [-0.3, -0.25) is 14.4 Å². The number of nitrogens with zero attached hydrogens (tertiary/aromatic N) is 1. The monoisotopic (exact) mass is 326 g/mol. The van der Waals surface area contributed by atoms with E-state index in [9.17, 15) is 19.5 Å². The lowest BCUT2D eigenvalue weighted by Crippen LogP contribution is -2.62. The van der Waals surface area contributed by atoms with Crippen molar-refractivity contribution in [3.8, 4) is 5.75 Å². The number of hydrogen-bond acceptors (Lipinski definition) is 6. The van der Waals surface area contributed by atoms with Crippen molar-refractivity contribution in [2.24, 2.45) is 5.84 Å². The summed E-state index contributed by atoms with van der Waals surface area (Å²) in [4.78, 5) is 37.4. The standard InChI is InChI=1S/C17H14N2O5/c1-24-11-6-4-5-10(9-11)16(22)19(18)17(23)14(20)12-7-2-3-8-13(12)15(17)21/h2-9,23H,18H2,1H3. The zero-order valence-electron chi connectivity index (χ0n) is 12.7. The molecular weight excluding hydrogens is 312 g/mol. The lowest BCUT2D eigenvalue weighted by molar-refractivity contribution is -0.0389. The Bertz CT molecular complexity index is 827. The number of methoxy groups -OCH3 is 1. The Morgan fingerprint density at radius 2 is 1.67 bits per heavy atom. The van der Waals surface area contributed by atoms with E-state index in [1.165, 1.54) is 31.4 Å². The maximum absolute atomic E-state index is 12.5. The van der Waals surface area contributed by atoms with Gasteiger partial charge in [0, 0.05) is 16.7 Å². The Hall–Kier alpha value is -3.03. The number of fused-ring (bicyclic) bond motifs is 1. The number of ketones is 2. The molecule has 0 saturated heterocycles. The summed E-state index contributed by atoms with van der Waals surface area (Å²) in [6.07, 6.45) is 0. The minimum atomic E-state index is -2.76. The molecule has 1 aliphatic carbocycles. The van der Waals surface area contributed by atoms with Crippen LogP contribution in [0, 0.1) is 0 Å². The first-order valence-electron chi connectivity index (χ1n) is 7.05. The van der Waals surface area contributed by atoms with Crippen molar-refractivity contribution in [1.29, 1.82) is 0 Å². The number of carbonyl (C=O) groups excluding carboxylic acids is 3. The molecule has 2 aromatic rings. The zero-order valence-corrected chi connectivity index (χ0v) is 12.7. The number of aliphatic hydroxyl groups is 1. The Morgan fingerprint density at radius 3 is 2.21 bits per heavy atom. The molecule has 3 N–H and O–H groups in total. The Kier molecular flexibility index (Phi) is 3.67. The van der Waals surface area contributed by atoms with Crippen LogP contribution in [0.3, 0.4) is 0 Å². The topological polar surface area (TPSA) is 110 Å². The SMILES string of the molecule is COc1cccc(C(=O)N(N)C2(O)C(=O)c3ccccc3C2=O)c1. The van der Waals surface area contributed by atoms with Crippen molar-refractivity contribution in [2.45, 2.75) is 5.72 Å². The van der Waals surface area contributed by atoms with Crippen molar-refractivity contribution >= 4 is 17.5 Å². The van der Waals surface area contributed by atoms with E-state index in [0.29, 0.717) is 5.75 Å². The third-order valence-corrected chi connectivity index (χ3v) is 3.93. The van der Waals surface area contributed by atoms with Gasteiger partial charge in [0.15, 0.2) is 0 Å². The van der Waals surface area contributed by atoms with Crippen LogP contribution in [0.25, 0.3) is 0 Å². The summed E-state index contributed by atoms with van der Waals surface area (Å²) in [5, 5.41) is 10.9. The van der Waals surface area contributed by atoms with Crippen molar-refractivity contribution in [3.05, 3.63) is 65.2 Å². The highest BCUT2D eigenvalue weighted by atomic mass is 16.5. The number of hydrazine groups is 1. The van der Waals surface area contributed by atoms with E-state index < -0.39 is 23.2 Å². The highest BCUT2D eigenvalue weighted by molar-refractivity contribution is 6.32. The molecule has 1 aliphatic rings. The smallest absolute Gasteiger partial charge is 0.284 e. The average Bonchev–Trinajstić information content (AvgIpc) is 2.83. The highest BCUT2D eigenvalue weighted by Gasteiger charge is 2.57. The number of hydrogen-bond donors (Lipinski definition) is 2. The van der Waals surface area contributed by atoms with Gasteiger partial charge >= 0.3 is 0 Å². The normalized spacial score (nSPS) is 15.1. The van der Waals surface area contributed by atoms with Gasteiger partial charge in [0.05, 0.1) is 7.11 Å². The third-order valence-electron chi connectivity index (χ3n) is 3.93. The molecular formula is C17H14N2O5. The van der Waals surface area contributed by atoms with Gasteiger partial charge in [0.25, 0.3) is 11.6 Å². The molecule has 0 unspecified atom stereocenters. The van der Waals surface area contributed by atoms with E-state index >= 15 is 0 Å². The summed E-state index contributed by atoms with van der Waals surface area (Å²) in [6.45, 7) is 0. The average molecular weight is 326 g/mol. The van der Waals surface area contributed by atoms with Crippen LogP contribution in [-0.2, 0) is 0 Å². The molecule has 0 atom stereocenters. The molecule has 7 nitrogen and oxygen atoms in total. The molecule has 24 heavy (non-hydrogen) atoms. The summed E-state index contributed by atoms with van der Waals surface area (Å²) in [7, 11) is 1.43. The first-order chi connectivity index (χ1) is 11.4. The molecule has 122 valence electrons. The number of rotatable bonds is 3. The molecule has 1 amide bonds. The second-order valence-electron chi connectivity index (χ2n) is 5.28. The molecule has 0 bridgehead atoms. The van der Waals surface area contributed by atoms with Crippen LogP contribution in [0.15, 0.2) is 48.5 Å². The summed E-state index contributed by atoms with van der Waals surface area (Å²) >= 11 is 0. The Labute approximate surface area is 137 Å². The van der Waals surface area contributed by atoms with Crippen LogP contribution in [-0.4, -0.2) is 40.4 Å². The van der Waals surface area contributed by atoms with E-state index in [4.69, 9.17) is 10.6 Å². The van der Waals surface area contributed by atoms with Gasteiger partial charge in [-0.15, -0.1) is 0 Å². The second-order valence-corrected chi connectivity index (χ2v) is 5.28. The van der Waals surface area contributed by atoms with Crippen LogP contribution >= 0.6 is 0 Å². The van der Waals surface area contributed by atoms with Gasteiger partial charge in [-0.2, -0.15) is 0 Å². The summed E-state index contributed by atoms with van der Waals surface area (Å²) in [6, 6.07) is 11.9. The minimum Gasteiger partial charge on any atom is -0.497 e. The predicted molar refractivity (Wildman–Crippen MR) is 83.4 cm³/mol. The quantitative estimate of drug-likeness (QED) is 0.283. The Morgan fingerprint density at radius 1 is 1.08 bits per heavy atom. The molecule has 2 aromatic carbocycles. The van der Waals surface area contributed by atoms with E-state index in [-0.39, 0.29) is 21.7 Å². The molecule has 0 heterocycles. The van der Waals surface area contributed by atoms with E-state index in [2.05, 4.69) is 0 Å². The van der Waals surface area contributed by atoms with Crippen molar-refractivity contribution in [2.75, 3.05) is 7.11 Å². The maximum Gasteiger partial charge on any atom is 0.284 e. The number of benzene rings is 2. The fourth-order valence-electron chi connectivity index (χ4n) is 2.62. The number of Topliss-reactive ketones (excluding diaryl/α,β-unsaturated/α-hetero) is 2. The van der Waals surface area contributed by atoms with Crippen molar-refractivity contribution in [1.82, 2.24) is 5.01 Å². The molecule has 0 fully saturated rings. The van der Waals surface area contributed by atoms with Gasteiger partial charge in [0.1, 0.15) is 5.75 Å². The van der Waals surface area contributed by atoms with Gasteiger partial charge < -0.3 is 9.84 Å². The van der Waals surface area contributed by atoms with E-state index in [1.54, 1.807) is 24.3 Å². The maximum atomic E-state index is 12.5. The van der Waals surface area contributed by atoms with Crippen LogP contribution in [0.4, 0.5) is 0 Å². The molecule has 0 radical (unpaired) electrons. The fourth-order valence-corrected chi connectivity index (χ4v) is 2.62. The van der Waals surface area contributed by atoms with Gasteiger partial charge in [-0.1, -0.05) is 30.3 Å². The highest BCUT2D eigenvalue weighted by Crippen LogP contribution is 2.32. The lowest BCUT2D eigenvalue weighted by atomic mass is 10.1. The first-order valence-corrected chi connectivity index (χ1v) is 7.05. The number of carbonyl (C=O) groups is 3. The Balaban J connectivity index is 2.00. The number of nitrogens with two attached hydrogens (primary N) is 1. The molecule has 7 heteroatoms. The predicted octanol–water partition coefficient (Wildman–Crippen LogP) is 0.779. The molecule has 0 aliphatic heterocycles. The van der Waals surface area contributed by atoms with Crippen LogP contribution in [0.5, 0.6) is 5.75 Å².